The number of ketones is 1. The van der Waals surface area contributed by atoms with Crippen LogP contribution in [0, 0.1) is 28.6 Å². The van der Waals surface area contributed by atoms with E-state index in [1.807, 2.05) is 6.92 Å². The lowest BCUT2D eigenvalue weighted by Gasteiger charge is -2.58. The Hall–Kier alpha value is -1.91. The van der Waals surface area contributed by atoms with Crippen molar-refractivity contribution in [1.82, 2.24) is 0 Å². The third kappa shape index (κ3) is 3.61. The van der Waals surface area contributed by atoms with Gasteiger partial charge >= 0.3 is 11.9 Å². The minimum atomic E-state index is -1.00. The first-order chi connectivity index (χ1) is 15.5. The third-order valence-electron chi connectivity index (χ3n) is 9.68. The van der Waals surface area contributed by atoms with Crippen molar-refractivity contribution in [2.75, 3.05) is 0 Å². The van der Waals surface area contributed by atoms with Crippen molar-refractivity contribution >= 4 is 17.7 Å². The molecule has 5 heteroatoms. The number of Topliss-reactive ketones (excluding diaryl/α,β-unsaturated/α-hetero) is 1. The summed E-state index contributed by atoms with van der Waals surface area (Å²) in [4.78, 5) is 37.0. The molecule has 0 aromatic carbocycles. The highest BCUT2D eigenvalue weighted by Crippen LogP contribution is 2.68. The van der Waals surface area contributed by atoms with Gasteiger partial charge in [-0.15, -0.1) is 0 Å². The molecule has 0 saturated heterocycles. The standard InChI is InChI=1S/C28H40O5/c1-7-8-25(31)32-20-9-12-26(5)22-10-13-27(6)23(21(22)15-17(2)24(26)16-20)11-14-28(27,18(3)29)33-19(4)30/h15-16,20-23H,7-14H2,1-6H3. The molecule has 7 atom stereocenters. The Balaban J connectivity index is 1.68. The van der Waals surface area contributed by atoms with Gasteiger partial charge in [0.05, 0.1) is 0 Å². The highest BCUT2D eigenvalue weighted by atomic mass is 16.6. The SMILES string of the molecule is CCCC(=O)OC1C=C2C(C)=CC3C(CCC4(C)C3CCC4(OC(C)=O)C(C)=O)C2(C)CC1. The molecule has 4 rings (SSSR count). The lowest BCUT2D eigenvalue weighted by molar-refractivity contribution is -0.185. The van der Waals surface area contributed by atoms with Gasteiger partial charge in [0.15, 0.2) is 11.4 Å². The zero-order chi connectivity index (χ0) is 24.2. The van der Waals surface area contributed by atoms with Gasteiger partial charge in [0.1, 0.15) is 6.10 Å². The highest BCUT2D eigenvalue weighted by molar-refractivity contribution is 5.89. The van der Waals surface area contributed by atoms with Crippen LogP contribution in [0.5, 0.6) is 0 Å². The van der Waals surface area contributed by atoms with Gasteiger partial charge in [0, 0.05) is 18.8 Å². The summed E-state index contributed by atoms with van der Waals surface area (Å²) in [6, 6.07) is 0. The molecule has 2 saturated carbocycles. The second-order valence-electron chi connectivity index (χ2n) is 11.4. The van der Waals surface area contributed by atoms with E-state index in [0.29, 0.717) is 30.6 Å². The van der Waals surface area contributed by atoms with Crippen LogP contribution in [0.4, 0.5) is 0 Å². The molecule has 5 nitrogen and oxygen atoms in total. The van der Waals surface area contributed by atoms with E-state index in [-0.39, 0.29) is 34.7 Å². The maximum absolute atomic E-state index is 12.9. The molecule has 182 valence electrons. The number of carbonyl (C=O) groups is 3. The Morgan fingerprint density at radius 2 is 1.70 bits per heavy atom. The molecule has 33 heavy (non-hydrogen) atoms. The van der Waals surface area contributed by atoms with Crippen LogP contribution >= 0.6 is 0 Å². The summed E-state index contributed by atoms with van der Waals surface area (Å²) >= 11 is 0. The highest BCUT2D eigenvalue weighted by Gasteiger charge is 2.67. The van der Waals surface area contributed by atoms with Crippen LogP contribution in [0.25, 0.3) is 0 Å². The minimum absolute atomic E-state index is 0.0149. The molecule has 4 aliphatic carbocycles. The Kier molecular flexibility index (Phi) is 6.16. The number of hydrogen-bond acceptors (Lipinski definition) is 5. The molecule has 7 unspecified atom stereocenters. The number of esters is 2. The first-order valence-electron chi connectivity index (χ1n) is 12.8. The van der Waals surface area contributed by atoms with E-state index in [1.54, 1.807) is 6.92 Å². The van der Waals surface area contributed by atoms with Crippen molar-refractivity contribution in [3.8, 4) is 0 Å². The van der Waals surface area contributed by atoms with Crippen molar-refractivity contribution in [1.29, 1.82) is 0 Å². The largest absolute Gasteiger partial charge is 0.458 e. The average Bonchev–Trinajstić information content (AvgIpc) is 3.02. The number of rotatable bonds is 5. The first kappa shape index (κ1) is 24.2. The smallest absolute Gasteiger partial charge is 0.306 e. The van der Waals surface area contributed by atoms with E-state index in [2.05, 4.69) is 32.9 Å². The molecule has 0 aromatic rings. The maximum atomic E-state index is 12.9. The molecule has 0 amide bonds. The van der Waals surface area contributed by atoms with Gasteiger partial charge in [-0.3, -0.25) is 14.4 Å². The normalized spacial score (nSPS) is 41.6. The molecule has 2 fully saturated rings. The zero-order valence-corrected chi connectivity index (χ0v) is 21.2. The molecule has 0 radical (unpaired) electrons. The molecular formula is C28H40O5. The van der Waals surface area contributed by atoms with Crippen molar-refractivity contribution in [3.05, 3.63) is 23.3 Å². The maximum Gasteiger partial charge on any atom is 0.306 e. The molecule has 4 aliphatic rings. The number of fused-ring (bicyclic) bond motifs is 5. The van der Waals surface area contributed by atoms with Gasteiger partial charge in [-0.2, -0.15) is 0 Å². The monoisotopic (exact) mass is 456 g/mol. The fourth-order valence-corrected chi connectivity index (χ4v) is 8.14. The van der Waals surface area contributed by atoms with Crippen LogP contribution < -0.4 is 0 Å². The summed E-state index contributed by atoms with van der Waals surface area (Å²) < 4.78 is 11.6. The number of hydrogen-bond donors (Lipinski definition) is 0. The summed E-state index contributed by atoms with van der Waals surface area (Å²) in [7, 11) is 0. The Morgan fingerprint density at radius 3 is 2.33 bits per heavy atom. The predicted octanol–water partition coefficient (Wildman–Crippen LogP) is 5.72. The molecule has 0 N–H and O–H groups in total. The van der Waals surface area contributed by atoms with Crippen LogP contribution in [-0.4, -0.2) is 29.4 Å². The second kappa shape index (κ2) is 8.39. The van der Waals surface area contributed by atoms with Crippen LogP contribution in [0.2, 0.25) is 0 Å². The summed E-state index contributed by atoms with van der Waals surface area (Å²) in [5.41, 5.74) is 1.31. The lowest BCUT2D eigenvalue weighted by Crippen LogP contribution is -2.58. The van der Waals surface area contributed by atoms with Gasteiger partial charge in [0.2, 0.25) is 0 Å². The van der Waals surface area contributed by atoms with Crippen LogP contribution in [-0.2, 0) is 23.9 Å². The fourth-order valence-electron chi connectivity index (χ4n) is 8.14. The van der Waals surface area contributed by atoms with E-state index >= 15 is 0 Å². The fraction of sp³-hybridized carbons (Fsp3) is 0.750. The van der Waals surface area contributed by atoms with Crippen molar-refractivity contribution in [3.63, 3.8) is 0 Å². The van der Waals surface area contributed by atoms with Crippen molar-refractivity contribution < 1.29 is 23.9 Å². The van der Waals surface area contributed by atoms with Crippen LogP contribution in [0.3, 0.4) is 0 Å². The van der Waals surface area contributed by atoms with Gasteiger partial charge in [0.25, 0.3) is 0 Å². The summed E-state index contributed by atoms with van der Waals surface area (Å²) in [5.74, 6) is 0.674. The molecular weight excluding hydrogens is 416 g/mol. The summed E-state index contributed by atoms with van der Waals surface area (Å²) in [6.45, 7) is 11.8. The van der Waals surface area contributed by atoms with E-state index in [0.717, 1.165) is 38.5 Å². The van der Waals surface area contributed by atoms with Gasteiger partial charge in [-0.25, -0.2) is 0 Å². The van der Waals surface area contributed by atoms with E-state index in [1.165, 1.54) is 18.1 Å². The van der Waals surface area contributed by atoms with Gasteiger partial charge < -0.3 is 9.47 Å². The van der Waals surface area contributed by atoms with E-state index < -0.39 is 5.60 Å². The number of carbonyl (C=O) groups excluding carboxylic acids is 3. The number of allylic oxidation sites excluding steroid dienone is 3. The first-order valence-corrected chi connectivity index (χ1v) is 12.8. The second-order valence-corrected chi connectivity index (χ2v) is 11.4. The van der Waals surface area contributed by atoms with Crippen molar-refractivity contribution in [2.24, 2.45) is 28.6 Å². The Bertz CT molecular complexity index is 915. The summed E-state index contributed by atoms with van der Waals surface area (Å²) in [5, 5.41) is 0. The van der Waals surface area contributed by atoms with Crippen molar-refractivity contribution in [2.45, 2.75) is 105 Å². The van der Waals surface area contributed by atoms with E-state index in [9.17, 15) is 14.4 Å². The third-order valence-corrected chi connectivity index (χ3v) is 9.68. The minimum Gasteiger partial charge on any atom is -0.458 e. The molecule has 0 aliphatic heterocycles. The molecule has 0 bridgehead atoms. The molecule has 0 aromatic heterocycles. The average molecular weight is 457 g/mol. The topological polar surface area (TPSA) is 69.7 Å². The van der Waals surface area contributed by atoms with Gasteiger partial charge in [-0.05, 0) is 93.6 Å². The molecule has 0 spiro atoms. The summed E-state index contributed by atoms with van der Waals surface area (Å²) in [6.07, 6.45) is 11.0. The quantitative estimate of drug-likeness (QED) is 0.495. The Morgan fingerprint density at radius 1 is 1.00 bits per heavy atom. The lowest BCUT2D eigenvalue weighted by atomic mass is 9.47. The number of ether oxygens (including phenoxy) is 2. The zero-order valence-electron chi connectivity index (χ0n) is 21.2. The van der Waals surface area contributed by atoms with Crippen LogP contribution in [0.1, 0.15) is 92.9 Å². The van der Waals surface area contributed by atoms with Crippen LogP contribution in [0.15, 0.2) is 23.3 Å². The van der Waals surface area contributed by atoms with E-state index in [4.69, 9.17) is 9.47 Å². The Labute approximate surface area is 198 Å². The van der Waals surface area contributed by atoms with Gasteiger partial charge in [-0.1, -0.05) is 32.4 Å². The molecule has 0 heterocycles. The predicted molar refractivity (Wildman–Crippen MR) is 126 cm³/mol.